The van der Waals surface area contributed by atoms with Gasteiger partial charge >= 0.3 is 0 Å². The van der Waals surface area contributed by atoms with E-state index in [2.05, 4.69) is 24.1 Å². The predicted molar refractivity (Wildman–Crippen MR) is 58.9 cm³/mol. The third-order valence-electron chi connectivity index (χ3n) is 2.16. The van der Waals surface area contributed by atoms with Crippen molar-refractivity contribution in [3.8, 4) is 5.88 Å². The number of nitrogens with zero attached hydrogens (tertiary/aromatic N) is 1. The zero-order valence-electron chi connectivity index (χ0n) is 9.06. The van der Waals surface area contributed by atoms with E-state index in [9.17, 15) is 4.79 Å². The van der Waals surface area contributed by atoms with Crippen molar-refractivity contribution in [2.45, 2.75) is 32.8 Å². The monoisotopic (exact) mass is 208 g/mol. The van der Waals surface area contributed by atoms with Gasteiger partial charge in [0.2, 0.25) is 12.3 Å². The number of ether oxygens (including phenoxy) is 1. The second kappa shape index (κ2) is 6.01. The van der Waals surface area contributed by atoms with Crippen molar-refractivity contribution >= 4 is 12.1 Å². The van der Waals surface area contributed by atoms with Gasteiger partial charge < -0.3 is 10.1 Å². The van der Waals surface area contributed by atoms with Gasteiger partial charge in [-0.1, -0.05) is 13.8 Å². The smallest absolute Gasteiger partial charge is 0.213 e. The van der Waals surface area contributed by atoms with Gasteiger partial charge in [-0.25, -0.2) is 4.98 Å². The molecule has 4 heteroatoms. The van der Waals surface area contributed by atoms with Crippen molar-refractivity contribution in [2.75, 3.05) is 5.32 Å². The lowest BCUT2D eigenvalue weighted by Gasteiger charge is -2.14. The molecular formula is C11H16N2O2. The second-order valence-electron chi connectivity index (χ2n) is 3.20. The molecule has 0 aromatic carbocycles. The van der Waals surface area contributed by atoms with Crippen molar-refractivity contribution in [1.29, 1.82) is 0 Å². The maximum atomic E-state index is 10.2. The first kappa shape index (κ1) is 11.5. The fraction of sp³-hybridized carbons (Fsp3) is 0.455. The summed E-state index contributed by atoms with van der Waals surface area (Å²) in [6.07, 6.45) is 4.34. The van der Waals surface area contributed by atoms with Gasteiger partial charge in [-0.2, -0.15) is 0 Å². The molecule has 0 atom stereocenters. The van der Waals surface area contributed by atoms with Crippen LogP contribution in [0.2, 0.25) is 0 Å². The van der Waals surface area contributed by atoms with Crippen LogP contribution in [0.15, 0.2) is 18.3 Å². The molecule has 4 nitrogen and oxygen atoms in total. The Morgan fingerprint density at radius 3 is 2.67 bits per heavy atom. The maximum Gasteiger partial charge on any atom is 0.213 e. The van der Waals surface area contributed by atoms with E-state index in [-0.39, 0.29) is 6.10 Å². The van der Waals surface area contributed by atoms with Gasteiger partial charge in [0.1, 0.15) is 0 Å². The number of rotatable bonds is 6. The normalized spacial score (nSPS) is 10.1. The average Bonchev–Trinajstić information content (AvgIpc) is 2.28. The van der Waals surface area contributed by atoms with Crippen LogP contribution in [0.25, 0.3) is 0 Å². The Bertz CT molecular complexity index is 294. The number of carbonyl (C=O) groups is 1. The van der Waals surface area contributed by atoms with Gasteiger partial charge in [0.25, 0.3) is 0 Å². The highest BCUT2D eigenvalue weighted by atomic mass is 16.5. The number of anilines is 1. The molecule has 15 heavy (non-hydrogen) atoms. The summed E-state index contributed by atoms with van der Waals surface area (Å²) >= 11 is 0. The van der Waals surface area contributed by atoms with Crippen molar-refractivity contribution in [1.82, 2.24) is 4.98 Å². The standard InChI is InChI=1S/C11H16N2O2/c1-3-10(4-2)15-11-6-5-9(7-12-11)13-8-14/h5-8,10H,3-4H2,1-2H3,(H,13,14). The van der Waals surface area contributed by atoms with Crippen molar-refractivity contribution in [2.24, 2.45) is 0 Å². The van der Waals surface area contributed by atoms with Crippen LogP contribution in [0.3, 0.4) is 0 Å². The molecule has 1 N–H and O–H groups in total. The summed E-state index contributed by atoms with van der Waals surface area (Å²) in [6.45, 7) is 4.16. The largest absolute Gasteiger partial charge is 0.474 e. The van der Waals surface area contributed by atoms with Crippen molar-refractivity contribution < 1.29 is 9.53 Å². The molecule has 0 aliphatic rings. The molecule has 0 saturated carbocycles. The van der Waals surface area contributed by atoms with Gasteiger partial charge in [0, 0.05) is 6.07 Å². The van der Waals surface area contributed by atoms with Crippen molar-refractivity contribution in [3.05, 3.63) is 18.3 Å². The summed E-state index contributed by atoms with van der Waals surface area (Å²) in [4.78, 5) is 14.2. The fourth-order valence-electron chi connectivity index (χ4n) is 1.23. The van der Waals surface area contributed by atoms with E-state index in [0.29, 0.717) is 18.0 Å². The minimum absolute atomic E-state index is 0.211. The molecule has 0 radical (unpaired) electrons. The zero-order chi connectivity index (χ0) is 11.1. The molecule has 1 rings (SSSR count). The lowest BCUT2D eigenvalue weighted by atomic mass is 10.2. The number of pyridine rings is 1. The first-order valence-corrected chi connectivity index (χ1v) is 5.13. The lowest BCUT2D eigenvalue weighted by molar-refractivity contribution is -0.105. The molecule has 0 saturated heterocycles. The Balaban J connectivity index is 2.59. The summed E-state index contributed by atoms with van der Waals surface area (Å²) in [5.74, 6) is 0.597. The minimum atomic E-state index is 0.211. The number of hydrogen-bond acceptors (Lipinski definition) is 3. The van der Waals surface area contributed by atoms with Crippen LogP contribution in [-0.2, 0) is 4.79 Å². The Morgan fingerprint density at radius 1 is 1.47 bits per heavy atom. The molecule has 0 spiro atoms. The molecule has 0 fully saturated rings. The van der Waals surface area contributed by atoms with E-state index in [1.807, 2.05) is 0 Å². The molecule has 0 unspecified atom stereocenters. The van der Waals surface area contributed by atoms with E-state index in [0.717, 1.165) is 12.8 Å². The third kappa shape index (κ3) is 3.58. The van der Waals surface area contributed by atoms with Gasteiger partial charge in [-0.05, 0) is 18.9 Å². The molecule has 82 valence electrons. The molecule has 1 heterocycles. The van der Waals surface area contributed by atoms with Gasteiger partial charge in [-0.3, -0.25) is 4.79 Å². The van der Waals surface area contributed by atoms with Crippen LogP contribution in [0.1, 0.15) is 26.7 Å². The molecule has 1 amide bonds. The van der Waals surface area contributed by atoms with Crippen LogP contribution in [0.5, 0.6) is 5.88 Å². The highest BCUT2D eigenvalue weighted by molar-refractivity contribution is 5.70. The summed E-state index contributed by atoms with van der Waals surface area (Å²) < 4.78 is 5.62. The second-order valence-corrected chi connectivity index (χ2v) is 3.20. The Hall–Kier alpha value is -1.58. The van der Waals surface area contributed by atoms with E-state index < -0.39 is 0 Å². The van der Waals surface area contributed by atoms with E-state index in [1.165, 1.54) is 0 Å². The van der Waals surface area contributed by atoms with Crippen LogP contribution < -0.4 is 10.1 Å². The fourth-order valence-corrected chi connectivity index (χ4v) is 1.23. The van der Waals surface area contributed by atoms with Gasteiger partial charge in [-0.15, -0.1) is 0 Å². The summed E-state index contributed by atoms with van der Waals surface area (Å²) in [7, 11) is 0. The number of hydrogen-bond donors (Lipinski definition) is 1. The third-order valence-corrected chi connectivity index (χ3v) is 2.16. The van der Waals surface area contributed by atoms with E-state index >= 15 is 0 Å². The minimum Gasteiger partial charge on any atom is -0.474 e. The van der Waals surface area contributed by atoms with E-state index in [1.54, 1.807) is 18.3 Å². The summed E-state index contributed by atoms with van der Waals surface area (Å²) in [5, 5.41) is 2.52. The van der Waals surface area contributed by atoms with Crippen molar-refractivity contribution in [3.63, 3.8) is 0 Å². The van der Waals surface area contributed by atoms with Crippen LogP contribution in [-0.4, -0.2) is 17.5 Å². The first-order valence-electron chi connectivity index (χ1n) is 5.13. The number of nitrogens with one attached hydrogen (secondary N) is 1. The Morgan fingerprint density at radius 2 is 2.20 bits per heavy atom. The molecular weight excluding hydrogens is 192 g/mol. The molecule has 0 aliphatic carbocycles. The van der Waals surface area contributed by atoms with Crippen LogP contribution >= 0.6 is 0 Å². The number of carbonyl (C=O) groups excluding carboxylic acids is 1. The maximum absolute atomic E-state index is 10.2. The zero-order valence-corrected chi connectivity index (χ0v) is 9.06. The predicted octanol–water partition coefficient (Wildman–Crippen LogP) is 2.22. The Kier molecular flexibility index (Phi) is 4.60. The first-order chi connectivity index (χ1) is 7.30. The quantitative estimate of drug-likeness (QED) is 0.729. The summed E-state index contributed by atoms with van der Waals surface area (Å²) in [5.41, 5.74) is 0.668. The van der Waals surface area contributed by atoms with Gasteiger partial charge in [0.15, 0.2) is 0 Å². The van der Waals surface area contributed by atoms with E-state index in [4.69, 9.17) is 4.74 Å². The van der Waals surface area contributed by atoms with Gasteiger partial charge in [0.05, 0.1) is 18.0 Å². The topological polar surface area (TPSA) is 51.2 Å². The highest BCUT2D eigenvalue weighted by Gasteiger charge is 2.05. The summed E-state index contributed by atoms with van der Waals surface area (Å²) in [6, 6.07) is 3.52. The molecule has 0 aliphatic heterocycles. The Labute approximate surface area is 89.7 Å². The molecule has 1 aromatic heterocycles. The number of aromatic nitrogens is 1. The molecule has 1 aromatic rings. The lowest BCUT2D eigenvalue weighted by Crippen LogP contribution is -2.14. The highest BCUT2D eigenvalue weighted by Crippen LogP contribution is 2.14. The number of amides is 1. The van der Waals surface area contributed by atoms with Crippen LogP contribution in [0, 0.1) is 0 Å². The average molecular weight is 208 g/mol. The molecule has 0 bridgehead atoms. The SMILES string of the molecule is CCC(CC)Oc1ccc(NC=O)cn1. The van der Waals surface area contributed by atoms with Crippen LogP contribution in [0.4, 0.5) is 5.69 Å².